The number of carbonyl (C=O) groups is 1. The lowest BCUT2D eigenvalue weighted by atomic mass is 9.33. The van der Waals surface area contributed by atoms with Crippen LogP contribution in [0.2, 0.25) is 0 Å². The highest BCUT2D eigenvalue weighted by Crippen LogP contribution is 2.73. The van der Waals surface area contributed by atoms with Gasteiger partial charge in [0.15, 0.2) is 0 Å². The highest BCUT2D eigenvalue weighted by atomic mass is 16.5. The van der Waals surface area contributed by atoms with Crippen LogP contribution in [-0.2, 0) is 14.9 Å². The van der Waals surface area contributed by atoms with E-state index in [2.05, 4.69) is 24.3 Å². The third kappa shape index (κ3) is 0.969. The fourth-order valence-corrected chi connectivity index (χ4v) is 3.32. The van der Waals surface area contributed by atoms with E-state index in [0.717, 1.165) is 19.3 Å². The molecule has 3 saturated carbocycles. The lowest BCUT2D eigenvalue weighted by Gasteiger charge is -2.68. The molecule has 2 nitrogen and oxygen atoms in total. The van der Waals surface area contributed by atoms with Crippen molar-refractivity contribution < 1.29 is 9.53 Å². The molecule has 3 aliphatic rings. The Hall–Kier alpha value is -1.31. The van der Waals surface area contributed by atoms with E-state index in [1.165, 1.54) is 12.7 Å². The van der Waals surface area contributed by atoms with Crippen molar-refractivity contribution in [2.75, 3.05) is 7.11 Å². The summed E-state index contributed by atoms with van der Waals surface area (Å²) in [5.41, 5.74) is 1.57. The SMILES string of the molecule is COC(=O)C12CC(c3ccccc3)(C1)C2. The van der Waals surface area contributed by atoms with E-state index in [1.807, 2.05) is 6.07 Å². The van der Waals surface area contributed by atoms with Crippen LogP contribution in [0.4, 0.5) is 0 Å². The van der Waals surface area contributed by atoms with Gasteiger partial charge in [0.25, 0.3) is 0 Å². The van der Waals surface area contributed by atoms with Crippen molar-refractivity contribution >= 4 is 5.97 Å². The summed E-state index contributed by atoms with van der Waals surface area (Å²) in [6.07, 6.45) is 2.95. The maximum atomic E-state index is 11.5. The second kappa shape index (κ2) is 2.63. The van der Waals surface area contributed by atoms with Crippen LogP contribution < -0.4 is 0 Å². The van der Waals surface area contributed by atoms with E-state index < -0.39 is 0 Å². The highest BCUT2D eigenvalue weighted by molar-refractivity contribution is 5.82. The lowest BCUT2D eigenvalue weighted by Crippen LogP contribution is -2.68. The molecule has 0 saturated heterocycles. The standard InChI is InChI=1S/C13H14O2/c1-15-11(14)13-7-12(8-13,9-13)10-5-3-2-4-6-10/h2-6H,7-9H2,1H3. The van der Waals surface area contributed by atoms with Gasteiger partial charge >= 0.3 is 5.97 Å². The van der Waals surface area contributed by atoms with E-state index in [1.54, 1.807) is 0 Å². The van der Waals surface area contributed by atoms with Crippen LogP contribution in [0.1, 0.15) is 24.8 Å². The quantitative estimate of drug-likeness (QED) is 0.688. The first-order valence-corrected chi connectivity index (χ1v) is 5.35. The molecule has 1 aromatic rings. The third-order valence-corrected chi connectivity index (χ3v) is 4.03. The molecule has 15 heavy (non-hydrogen) atoms. The van der Waals surface area contributed by atoms with Crippen LogP contribution >= 0.6 is 0 Å². The molecule has 0 aliphatic heterocycles. The van der Waals surface area contributed by atoms with Gasteiger partial charge in [-0.2, -0.15) is 0 Å². The van der Waals surface area contributed by atoms with E-state index in [9.17, 15) is 4.79 Å². The average Bonchev–Trinajstić information content (AvgIpc) is 2.15. The van der Waals surface area contributed by atoms with Gasteiger partial charge in [0.1, 0.15) is 0 Å². The molecule has 0 unspecified atom stereocenters. The third-order valence-electron chi connectivity index (χ3n) is 4.03. The predicted molar refractivity (Wildman–Crippen MR) is 56.4 cm³/mol. The summed E-state index contributed by atoms with van der Waals surface area (Å²) in [4.78, 5) is 11.5. The van der Waals surface area contributed by atoms with Gasteiger partial charge in [-0.1, -0.05) is 30.3 Å². The van der Waals surface area contributed by atoms with Crippen molar-refractivity contribution in [2.45, 2.75) is 24.7 Å². The minimum atomic E-state index is -0.120. The Bertz CT molecular complexity index is 388. The second-order valence-corrected chi connectivity index (χ2v) is 4.95. The molecular formula is C13H14O2. The van der Waals surface area contributed by atoms with E-state index in [-0.39, 0.29) is 11.4 Å². The van der Waals surface area contributed by atoms with Crippen molar-refractivity contribution in [1.82, 2.24) is 0 Å². The normalized spacial score (nSPS) is 36.3. The van der Waals surface area contributed by atoms with Gasteiger partial charge in [-0.25, -0.2) is 0 Å². The Morgan fingerprint density at radius 3 is 2.33 bits per heavy atom. The zero-order valence-corrected chi connectivity index (χ0v) is 8.82. The molecule has 0 N–H and O–H groups in total. The highest BCUT2D eigenvalue weighted by Gasteiger charge is 2.72. The molecule has 0 aromatic heterocycles. The molecule has 0 atom stereocenters. The molecule has 78 valence electrons. The number of methoxy groups -OCH3 is 1. The van der Waals surface area contributed by atoms with Crippen LogP contribution in [0, 0.1) is 5.41 Å². The van der Waals surface area contributed by atoms with Crippen molar-refractivity contribution in [3.63, 3.8) is 0 Å². The molecular weight excluding hydrogens is 188 g/mol. The van der Waals surface area contributed by atoms with Gasteiger partial charge in [-0.15, -0.1) is 0 Å². The van der Waals surface area contributed by atoms with Crippen molar-refractivity contribution in [1.29, 1.82) is 0 Å². The van der Waals surface area contributed by atoms with Crippen LogP contribution in [0.5, 0.6) is 0 Å². The van der Waals surface area contributed by atoms with Gasteiger partial charge in [0.05, 0.1) is 12.5 Å². The number of benzene rings is 1. The largest absolute Gasteiger partial charge is 0.469 e. The zero-order chi connectivity index (χ0) is 10.5. The maximum Gasteiger partial charge on any atom is 0.311 e. The summed E-state index contributed by atoms with van der Waals surface area (Å²) in [5, 5.41) is 0. The van der Waals surface area contributed by atoms with Gasteiger partial charge < -0.3 is 4.74 Å². The van der Waals surface area contributed by atoms with E-state index >= 15 is 0 Å². The molecule has 2 bridgehead atoms. The van der Waals surface area contributed by atoms with Crippen molar-refractivity contribution in [2.24, 2.45) is 5.41 Å². The molecule has 2 heteroatoms. The first-order chi connectivity index (χ1) is 7.21. The average molecular weight is 202 g/mol. The van der Waals surface area contributed by atoms with Crippen LogP contribution in [0.25, 0.3) is 0 Å². The number of rotatable bonds is 2. The van der Waals surface area contributed by atoms with Gasteiger partial charge in [-0.3, -0.25) is 4.79 Å². The topological polar surface area (TPSA) is 26.3 Å². The summed E-state index contributed by atoms with van der Waals surface area (Å²) in [5.74, 6) is -0.0136. The van der Waals surface area contributed by atoms with Crippen LogP contribution in [0.15, 0.2) is 30.3 Å². The first kappa shape index (κ1) is 8.96. The Morgan fingerprint density at radius 2 is 1.80 bits per heavy atom. The summed E-state index contributed by atoms with van der Waals surface area (Å²) in [7, 11) is 1.48. The first-order valence-electron chi connectivity index (χ1n) is 5.35. The molecule has 0 spiro atoms. The zero-order valence-electron chi connectivity index (χ0n) is 8.82. The monoisotopic (exact) mass is 202 g/mol. The fourth-order valence-electron chi connectivity index (χ4n) is 3.32. The molecule has 3 aliphatic carbocycles. The van der Waals surface area contributed by atoms with E-state index in [4.69, 9.17) is 4.74 Å². The number of carbonyl (C=O) groups excluding carboxylic acids is 1. The lowest BCUT2D eigenvalue weighted by molar-refractivity contribution is -0.198. The molecule has 4 rings (SSSR count). The Morgan fingerprint density at radius 1 is 1.20 bits per heavy atom. The molecule has 1 aromatic carbocycles. The van der Waals surface area contributed by atoms with Gasteiger partial charge in [0, 0.05) is 0 Å². The summed E-state index contributed by atoms with van der Waals surface area (Å²) < 4.78 is 4.84. The van der Waals surface area contributed by atoms with Gasteiger partial charge in [-0.05, 0) is 30.2 Å². The van der Waals surface area contributed by atoms with Crippen LogP contribution in [-0.4, -0.2) is 13.1 Å². The number of esters is 1. The molecule has 0 amide bonds. The minimum absolute atomic E-state index is 0.0136. The van der Waals surface area contributed by atoms with Crippen molar-refractivity contribution in [3.05, 3.63) is 35.9 Å². The number of hydrogen-bond acceptors (Lipinski definition) is 2. The minimum Gasteiger partial charge on any atom is -0.469 e. The summed E-state index contributed by atoms with van der Waals surface area (Å²) in [6, 6.07) is 10.5. The molecule has 0 heterocycles. The number of ether oxygens (including phenoxy) is 1. The van der Waals surface area contributed by atoms with E-state index in [0.29, 0.717) is 5.41 Å². The number of hydrogen-bond donors (Lipinski definition) is 0. The molecule has 3 fully saturated rings. The maximum absolute atomic E-state index is 11.5. The summed E-state index contributed by atoms with van der Waals surface area (Å²) >= 11 is 0. The fraction of sp³-hybridized carbons (Fsp3) is 0.462. The van der Waals surface area contributed by atoms with Crippen molar-refractivity contribution in [3.8, 4) is 0 Å². The second-order valence-electron chi connectivity index (χ2n) is 4.95. The van der Waals surface area contributed by atoms with Gasteiger partial charge in [0.2, 0.25) is 0 Å². The molecule has 0 radical (unpaired) electrons. The van der Waals surface area contributed by atoms with Crippen LogP contribution in [0.3, 0.4) is 0 Å². The Labute approximate surface area is 89.2 Å². The predicted octanol–water partition coefficient (Wildman–Crippen LogP) is 2.28. The Balaban J connectivity index is 1.79. The Kier molecular flexibility index (Phi) is 1.57. The smallest absolute Gasteiger partial charge is 0.311 e. The summed E-state index contributed by atoms with van der Waals surface area (Å²) in [6.45, 7) is 0.